The SMILES string of the molecule is NNC(CC1CC2CCC1C2)c1ccccc1. The Bertz CT molecular complexity index is 362. The van der Waals surface area contributed by atoms with Crippen molar-refractivity contribution in [1.29, 1.82) is 0 Å². The first kappa shape index (κ1) is 11.2. The van der Waals surface area contributed by atoms with Gasteiger partial charge < -0.3 is 0 Å². The number of nitrogens with one attached hydrogen (secondary N) is 1. The van der Waals surface area contributed by atoms with Crippen molar-refractivity contribution < 1.29 is 0 Å². The molecule has 17 heavy (non-hydrogen) atoms. The van der Waals surface area contributed by atoms with E-state index in [1.807, 2.05) is 0 Å². The summed E-state index contributed by atoms with van der Waals surface area (Å²) in [5, 5.41) is 0. The van der Waals surface area contributed by atoms with Gasteiger partial charge in [0.15, 0.2) is 0 Å². The second-order valence-electron chi connectivity index (χ2n) is 5.80. The van der Waals surface area contributed by atoms with Crippen LogP contribution in [0, 0.1) is 17.8 Å². The number of rotatable bonds is 4. The van der Waals surface area contributed by atoms with Crippen LogP contribution in [0.25, 0.3) is 0 Å². The summed E-state index contributed by atoms with van der Waals surface area (Å²) in [6.07, 6.45) is 7.07. The van der Waals surface area contributed by atoms with Gasteiger partial charge in [-0.2, -0.15) is 0 Å². The topological polar surface area (TPSA) is 38.0 Å². The van der Waals surface area contributed by atoms with Crippen LogP contribution in [0.4, 0.5) is 0 Å². The van der Waals surface area contributed by atoms with Crippen LogP contribution in [-0.4, -0.2) is 0 Å². The molecule has 4 unspecified atom stereocenters. The molecule has 3 N–H and O–H groups in total. The highest BCUT2D eigenvalue weighted by Crippen LogP contribution is 2.50. The molecule has 1 aromatic carbocycles. The van der Waals surface area contributed by atoms with Crippen molar-refractivity contribution in [3.63, 3.8) is 0 Å². The van der Waals surface area contributed by atoms with E-state index in [0.717, 1.165) is 17.8 Å². The first-order chi connectivity index (χ1) is 8.36. The Morgan fingerprint density at radius 2 is 2.00 bits per heavy atom. The minimum atomic E-state index is 0.334. The molecule has 2 fully saturated rings. The molecule has 2 aliphatic carbocycles. The predicted octanol–water partition coefficient (Wildman–Crippen LogP) is 3.02. The highest BCUT2D eigenvalue weighted by Gasteiger charge is 2.40. The number of benzene rings is 1. The molecule has 0 radical (unpaired) electrons. The minimum absolute atomic E-state index is 0.334. The molecular weight excluding hydrogens is 208 g/mol. The zero-order valence-corrected chi connectivity index (χ0v) is 10.3. The van der Waals surface area contributed by atoms with Gasteiger partial charge in [0, 0.05) is 6.04 Å². The van der Waals surface area contributed by atoms with Gasteiger partial charge in [-0.05, 0) is 49.0 Å². The molecule has 0 saturated heterocycles. The fourth-order valence-electron chi connectivity index (χ4n) is 3.95. The van der Waals surface area contributed by atoms with Crippen molar-refractivity contribution in [3.8, 4) is 0 Å². The summed E-state index contributed by atoms with van der Waals surface area (Å²) < 4.78 is 0. The zero-order valence-electron chi connectivity index (χ0n) is 10.3. The molecule has 0 aromatic heterocycles. The van der Waals surface area contributed by atoms with Crippen molar-refractivity contribution in [2.75, 3.05) is 0 Å². The van der Waals surface area contributed by atoms with Crippen molar-refractivity contribution in [2.24, 2.45) is 23.6 Å². The van der Waals surface area contributed by atoms with E-state index in [4.69, 9.17) is 5.84 Å². The Morgan fingerprint density at radius 1 is 1.18 bits per heavy atom. The van der Waals surface area contributed by atoms with Crippen LogP contribution in [0.3, 0.4) is 0 Å². The zero-order chi connectivity index (χ0) is 11.7. The molecule has 2 aliphatic rings. The Labute approximate surface area is 104 Å². The second kappa shape index (κ2) is 4.79. The van der Waals surface area contributed by atoms with E-state index in [2.05, 4.69) is 35.8 Å². The fourth-order valence-corrected chi connectivity index (χ4v) is 3.95. The Morgan fingerprint density at radius 3 is 2.59 bits per heavy atom. The van der Waals surface area contributed by atoms with Crippen LogP contribution in [0.2, 0.25) is 0 Å². The summed E-state index contributed by atoms with van der Waals surface area (Å²) in [5.41, 5.74) is 4.34. The minimum Gasteiger partial charge on any atom is -0.271 e. The quantitative estimate of drug-likeness (QED) is 0.616. The first-order valence-corrected chi connectivity index (χ1v) is 6.88. The van der Waals surface area contributed by atoms with Gasteiger partial charge in [0.05, 0.1) is 0 Å². The lowest BCUT2D eigenvalue weighted by atomic mass is 9.83. The fraction of sp³-hybridized carbons (Fsp3) is 0.600. The Hall–Kier alpha value is -0.860. The number of hydrazine groups is 1. The van der Waals surface area contributed by atoms with E-state index in [0.29, 0.717) is 6.04 Å². The van der Waals surface area contributed by atoms with Crippen molar-refractivity contribution in [2.45, 2.75) is 38.1 Å². The molecule has 4 atom stereocenters. The second-order valence-corrected chi connectivity index (χ2v) is 5.80. The molecule has 2 bridgehead atoms. The first-order valence-electron chi connectivity index (χ1n) is 6.88. The largest absolute Gasteiger partial charge is 0.271 e. The third-order valence-electron chi connectivity index (χ3n) is 4.83. The lowest BCUT2D eigenvalue weighted by Gasteiger charge is -2.26. The molecule has 2 nitrogen and oxygen atoms in total. The summed E-state index contributed by atoms with van der Waals surface area (Å²) in [4.78, 5) is 0. The maximum absolute atomic E-state index is 5.73. The number of hydrogen-bond acceptors (Lipinski definition) is 2. The van der Waals surface area contributed by atoms with Gasteiger partial charge in [0.1, 0.15) is 0 Å². The summed E-state index contributed by atoms with van der Waals surface area (Å²) in [6, 6.07) is 10.9. The lowest BCUT2D eigenvalue weighted by molar-refractivity contribution is 0.280. The predicted molar refractivity (Wildman–Crippen MR) is 70.1 cm³/mol. The van der Waals surface area contributed by atoms with E-state index in [1.54, 1.807) is 0 Å². The van der Waals surface area contributed by atoms with Crippen LogP contribution in [0.15, 0.2) is 30.3 Å². The Kier molecular flexibility index (Phi) is 3.17. The van der Waals surface area contributed by atoms with E-state index >= 15 is 0 Å². The molecule has 0 aliphatic heterocycles. The van der Waals surface area contributed by atoms with Gasteiger partial charge in [-0.15, -0.1) is 0 Å². The lowest BCUT2D eigenvalue weighted by Crippen LogP contribution is -2.30. The molecule has 92 valence electrons. The highest BCUT2D eigenvalue weighted by atomic mass is 15.2. The van der Waals surface area contributed by atoms with Crippen LogP contribution in [0.1, 0.15) is 43.7 Å². The van der Waals surface area contributed by atoms with E-state index < -0.39 is 0 Å². The van der Waals surface area contributed by atoms with Crippen LogP contribution >= 0.6 is 0 Å². The smallest absolute Gasteiger partial charge is 0.0462 e. The van der Waals surface area contributed by atoms with Crippen molar-refractivity contribution >= 4 is 0 Å². The molecule has 2 heteroatoms. The summed E-state index contributed by atoms with van der Waals surface area (Å²) in [7, 11) is 0. The average molecular weight is 230 g/mol. The number of nitrogens with two attached hydrogens (primary N) is 1. The maximum Gasteiger partial charge on any atom is 0.0462 e. The molecule has 0 amide bonds. The standard InChI is InChI=1S/C15H22N2/c16-17-15(12-4-2-1-3-5-12)10-14-9-11-6-7-13(14)8-11/h1-5,11,13-15,17H,6-10,16H2. The summed E-state index contributed by atoms with van der Waals surface area (Å²) in [6.45, 7) is 0. The van der Waals surface area contributed by atoms with E-state index in [-0.39, 0.29) is 0 Å². The number of hydrogen-bond donors (Lipinski definition) is 2. The molecule has 3 rings (SSSR count). The van der Waals surface area contributed by atoms with Crippen molar-refractivity contribution in [3.05, 3.63) is 35.9 Å². The third kappa shape index (κ3) is 2.24. The van der Waals surface area contributed by atoms with Crippen LogP contribution in [0.5, 0.6) is 0 Å². The van der Waals surface area contributed by atoms with Gasteiger partial charge in [-0.25, -0.2) is 0 Å². The maximum atomic E-state index is 5.73. The van der Waals surface area contributed by atoms with Crippen LogP contribution in [-0.2, 0) is 0 Å². The monoisotopic (exact) mass is 230 g/mol. The van der Waals surface area contributed by atoms with Gasteiger partial charge >= 0.3 is 0 Å². The highest BCUT2D eigenvalue weighted by molar-refractivity contribution is 5.19. The third-order valence-corrected chi connectivity index (χ3v) is 4.83. The van der Waals surface area contributed by atoms with Gasteiger partial charge in [0.2, 0.25) is 0 Å². The molecular formula is C15H22N2. The van der Waals surface area contributed by atoms with E-state index in [1.165, 1.54) is 37.7 Å². The molecule has 2 saturated carbocycles. The van der Waals surface area contributed by atoms with Crippen LogP contribution < -0.4 is 11.3 Å². The van der Waals surface area contributed by atoms with Gasteiger partial charge in [-0.1, -0.05) is 36.8 Å². The average Bonchev–Trinajstić information content (AvgIpc) is 2.99. The van der Waals surface area contributed by atoms with E-state index in [9.17, 15) is 0 Å². The Balaban J connectivity index is 1.67. The van der Waals surface area contributed by atoms with Gasteiger partial charge in [0.25, 0.3) is 0 Å². The van der Waals surface area contributed by atoms with Gasteiger partial charge in [-0.3, -0.25) is 11.3 Å². The molecule has 0 spiro atoms. The van der Waals surface area contributed by atoms with Crippen molar-refractivity contribution in [1.82, 2.24) is 5.43 Å². The normalized spacial score (nSPS) is 32.9. The number of fused-ring (bicyclic) bond motifs is 2. The molecule has 0 heterocycles. The summed E-state index contributed by atoms with van der Waals surface area (Å²) >= 11 is 0. The summed E-state index contributed by atoms with van der Waals surface area (Å²) in [5.74, 6) is 8.64. The molecule has 1 aromatic rings.